The van der Waals surface area contributed by atoms with E-state index in [-0.39, 0.29) is 11.9 Å². The van der Waals surface area contributed by atoms with Gasteiger partial charge in [-0.3, -0.25) is 0 Å². The molecule has 0 amide bonds. The van der Waals surface area contributed by atoms with Gasteiger partial charge in [-0.2, -0.15) is 0 Å². The zero-order valence-electron chi connectivity index (χ0n) is 9.63. The summed E-state index contributed by atoms with van der Waals surface area (Å²) in [5.41, 5.74) is 6.30. The SMILES string of the molecule is CC(C)C(CN)NCc1cc(Br)ccc1F. The van der Waals surface area contributed by atoms with Gasteiger partial charge in [-0.25, -0.2) is 4.39 Å². The molecule has 1 aromatic rings. The lowest BCUT2D eigenvalue weighted by Crippen LogP contribution is -2.39. The summed E-state index contributed by atoms with van der Waals surface area (Å²) in [7, 11) is 0. The van der Waals surface area contributed by atoms with Gasteiger partial charge in [-0.1, -0.05) is 29.8 Å². The first-order valence-corrected chi connectivity index (χ1v) is 6.21. The number of nitrogens with one attached hydrogen (secondary N) is 1. The molecule has 0 bridgehead atoms. The molecule has 1 unspecified atom stereocenters. The van der Waals surface area contributed by atoms with E-state index < -0.39 is 0 Å². The Morgan fingerprint density at radius 1 is 1.44 bits per heavy atom. The van der Waals surface area contributed by atoms with E-state index in [9.17, 15) is 4.39 Å². The predicted octanol–water partition coefficient (Wildman–Crippen LogP) is 2.66. The van der Waals surface area contributed by atoms with Gasteiger partial charge in [0.2, 0.25) is 0 Å². The van der Waals surface area contributed by atoms with E-state index in [1.807, 2.05) is 0 Å². The van der Waals surface area contributed by atoms with Crippen LogP contribution in [0.4, 0.5) is 4.39 Å². The number of hydrogen-bond acceptors (Lipinski definition) is 2. The first-order valence-electron chi connectivity index (χ1n) is 5.42. The van der Waals surface area contributed by atoms with Crippen LogP contribution in [0.5, 0.6) is 0 Å². The van der Waals surface area contributed by atoms with E-state index in [1.165, 1.54) is 6.07 Å². The highest BCUT2D eigenvalue weighted by molar-refractivity contribution is 9.10. The van der Waals surface area contributed by atoms with Crippen molar-refractivity contribution in [2.75, 3.05) is 6.54 Å². The minimum atomic E-state index is -0.185. The molecular formula is C12H18BrFN2. The van der Waals surface area contributed by atoms with Crippen LogP contribution in [0.1, 0.15) is 19.4 Å². The summed E-state index contributed by atoms with van der Waals surface area (Å²) in [5.74, 6) is 0.260. The first kappa shape index (κ1) is 13.6. The molecule has 90 valence electrons. The molecule has 0 spiro atoms. The summed E-state index contributed by atoms with van der Waals surface area (Å²) < 4.78 is 14.3. The van der Waals surface area contributed by atoms with Gasteiger partial charge < -0.3 is 11.1 Å². The molecule has 2 nitrogen and oxygen atoms in total. The van der Waals surface area contributed by atoms with Crippen molar-refractivity contribution in [1.29, 1.82) is 0 Å². The van der Waals surface area contributed by atoms with Crippen molar-refractivity contribution in [3.05, 3.63) is 34.1 Å². The van der Waals surface area contributed by atoms with Gasteiger partial charge in [0.15, 0.2) is 0 Å². The third-order valence-corrected chi connectivity index (χ3v) is 3.11. The van der Waals surface area contributed by atoms with Crippen LogP contribution in [-0.2, 0) is 6.54 Å². The van der Waals surface area contributed by atoms with Gasteiger partial charge in [-0.15, -0.1) is 0 Å². The summed E-state index contributed by atoms with van der Waals surface area (Å²) in [6.07, 6.45) is 0. The fraction of sp³-hybridized carbons (Fsp3) is 0.500. The molecular weight excluding hydrogens is 271 g/mol. The molecule has 1 aromatic carbocycles. The Bertz CT molecular complexity index is 342. The van der Waals surface area contributed by atoms with Crippen LogP contribution in [-0.4, -0.2) is 12.6 Å². The lowest BCUT2D eigenvalue weighted by atomic mass is 10.0. The van der Waals surface area contributed by atoms with Crippen LogP contribution in [0.15, 0.2) is 22.7 Å². The third kappa shape index (κ3) is 3.85. The Balaban J connectivity index is 2.63. The maximum absolute atomic E-state index is 13.4. The molecule has 1 rings (SSSR count). The molecule has 0 heterocycles. The van der Waals surface area contributed by atoms with Gasteiger partial charge in [0.25, 0.3) is 0 Å². The molecule has 0 radical (unpaired) electrons. The molecule has 16 heavy (non-hydrogen) atoms. The summed E-state index contributed by atoms with van der Waals surface area (Å²) in [4.78, 5) is 0. The first-order chi connectivity index (χ1) is 7.54. The average Bonchev–Trinajstić information content (AvgIpc) is 2.23. The van der Waals surface area contributed by atoms with Crippen LogP contribution in [0.25, 0.3) is 0 Å². The fourth-order valence-corrected chi connectivity index (χ4v) is 1.92. The molecule has 3 N–H and O–H groups in total. The topological polar surface area (TPSA) is 38.0 Å². The minimum Gasteiger partial charge on any atom is -0.329 e. The molecule has 0 fully saturated rings. The fourth-order valence-electron chi connectivity index (χ4n) is 1.51. The van der Waals surface area contributed by atoms with E-state index in [1.54, 1.807) is 12.1 Å². The quantitative estimate of drug-likeness (QED) is 0.874. The highest BCUT2D eigenvalue weighted by Gasteiger charge is 2.11. The lowest BCUT2D eigenvalue weighted by molar-refractivity contribution is 0.401. The number of hydrogen-bond donors (Lipinski definition) is 2. The zero-order valence-corrected chi connectivity index (χ0v) is 11.2. The van der Waals surface area contributed by atoms with Gasteiger partial charge in [-0.05, 0) is 24.1 Å². The Kier molecular flexibility index (Phi) is 5.38. The van der Waals surface area contributed by atoms with E-state index >= 15 is 0 Å². The standard InChI is InChI=1S/C12H18BrFN2/c1-8(2)12(6-15)16-7-9-5-10(13)3-4-11(9)14/h3-5,8,12,16H,6-7,15H2,1-2H3. The molecule has 0 saturated carbocycles. The second kappa shape index (κ2) is 6.33. The highest BCUT2D eigenvalue weighted by atomic mass is 79.9. The summed E-state index contributed by atoms with van der Waals surface area (Å²) in [5, 5.41) is 3.27. The number of nitrogens with two attached hydrogens (primary N) is 1. The molecule has 1 atom stereocenters. The number of rotatable bonds is 5. The van der Waals surface area contributed by atoms with Gasteiger partial charge >= 0.3 is 0 Å². The van der Waals surface area contributed by atoms with Crippen molar-refractivity contribution >= 4 is 15.9 Å². The number of halogens is 2. The van der Waals surface area contributed by atoms with E-state index in [2.05, 4.69) is 35.1 Å². The normalized spacial score (nSPS) is 13.1. The molecule has 0 aliphatic carbocycles. The molecule has 0 aromatic heterocycles. The van der Waals surface area contributed by atoms with Crippen LogP contribution < -0.4 is 11.1 Å². The van der Waals surface area contributed by atoms with Crippen molar-refractivity contribution in [2.45, 2.75) is 26.4 Å². The summed E-state index contributed by atoms with van der Waals surface area (Å²) in [6, 6.07) is 5.17. The maximum Gasteiger partial charge on any atom is 0.127 e. The zero-order chi connectivity index (χ0) is 12.1. The van der Waals surface area contributed by atoms with Crippen LogP contribution in [0.2, 0.25) is 0 Å². The van der Waals surface area contributed by atoms with Crippen LogP contribution >= 0.6 is 15.9 Å². The summed E-state index contributed by atoms with van der Waals surface area (Å²) in [6.45, 7) is 5.27. The van der Waals surface area contributed by atoms with Gasteiger partial charge in [0.1, 0.15) is 5.82 Å². The second-order valence-corrected chi connectivity index (χ2v) is 5.12. The number of benzene rings is 1. The van der Waals surface area contributed by atoms with Crippen molar-refractivity contribution in [3.8, 4) is 0 Å². The van der Waals surface area contributed by atoms with Crippen molar-refractivity contribution in [2.24, 2.45) is 11.7 Å². The maximum atomic E-state index is 13.4. The van der Waals surface area contributed by atoms with E-state index in [0.29, 0.717) is 24.6 Å². The van der Waals surface area contributed by atoms with Crippen molar-refractivity contribution in [1.82, 2.24) is 5.32 Å². The largest absolute Gasteiger partial charge is 0.329 e. The minimum absolute atomic E-state index is 0.185. The van der Waals surface area contributed by atoms with Crippen molar-refractivity contribution < 1.29 is 4.39 Å². The Morgan fingerprint density at radius 2 is 2.12 bits per heavy atom. The van der Waals surface area contributed by atoms with Crippen molar-refractivity contribution in [3.63, 3.8) is 0 Å². The highest BCUT2D eigenvalue weighted by Crippen LogP contribution is 2.15. The van der Waals surface area contributed by atoms with Crippen LogP contribution in [0, 0.1) is 11.7 Å². The van der Waals surface area contributed by atoms with E-state index in [4.69, 9.17) is 5.73 Å². The Hall–Kier alpha value is -0.450. The monoisotopic (exact) mass is 288 g/mol. The lowest BCUT2D eigenvalue weighted by Gasteiger charge is -2.20. The van der Waals surface area contributed by atoms with Gasteiger partial charge in [0.05, 0.1) is 0 Å². The van der Waals surface area contributed by atoms with Crippen LogP contribution in [0.3, 0.4) is 0 Å². The third-order valence-electron chi connectivity index (χ3n) is 2.62. The molecule has 0 aliphatic rings. The second-order valence-electron chi connectivity index (χ2n) is 4.20. The summed E-state index contributed by atoms with van der Waals surface area (Å²) >= 11 is 3.33. The molecule has 0 aliphatic heterocycles. The molecule has 0 saturated heterocycles. The Morgan fingerprint density at radius 3 is 2.69 bits per heavy atom. The smallest absolute Gasteiger partial charge is 0.127 e. The predicted molar refractivity (Wildman–Crippen MR) is 68.6 cm³/mol. The molecule has 4 heteroatoms. The Labute approximate surface area is 105 Å². The van der Waals surface area contributed by atoms with E-state index in [0.717, 1.165) is 4.47 Å². The average molecular weight is 289 g/mol. The van der Waals surface area contributed by atoms with Gasteiger partial charge in [0, 0.05) is 29.2 Å².